The Bertz CT molecular complexity index is 591. The van der Waals surface area contributed by atoms with Gasteiger partial charge in [0.2, 0.25) is 11.8 Å². The van der Waals surface area contributed by atoms with Crippen molar-refractivity contribution in [3.05, 3.63) is 35.9 Å². The van der Waals surface area contributed by atoms with Gasteiger partial charge in [0.25, 0.3) is 0 Å². The number of β-amino-alcohol motifs (C(OH)–C–C–N with tert-alkyl or cyclic N) is 1. The Morgan fingerprint density at radius 2 is 1.96 bits per heavy atom. The first-order chi connectivity index (χ1) is 12.4. The summed E-state index contributed by atoms with van der Waals surface area (Å²) in [6.07, 6.45) is 1.07. The summed E-state index contributed by atoms with van der Waals surface area (Å²) in [6.45, 7) is 4.99. The van der Waals surface area contributed by atoms with Crippen LogP contribution in [0.2, 0.25) is 0 Å². The molecule has 2 rings (SSSR count). The van der Waals surface area contributed by atoms with Crippen LogP contribution in [0.15, 0.2) is 30.3 Å². The average molecular weight is 361 g/mol. The highest BCUT2D eigenvalue weighted by Gasteiger charge is 2.40. The normalized spacial score (nSPS) is 21.0. The molecule has 1 aromatic rings. The second kappa shape index (κ2) is 9.69. The van der Waals surface area contributed by atoms with Crippen LogP contribution in [0.4, 0.5) is 0 Å². The fourth-order valence-corrected chi connectivity index (χ4v) is 3.27. The first-order valence-corrected chi connectivity index (χ1v) is 9.39. The summed E-state index contributed by atoms with van der Waals surface area (Å²) in [5.74, 6) is 0.184. The van der Waals surface area contributed by atoms with E-state index >= 15 is 0 Å². The van der Waals surface area contributed by atoms with E-state index in [0.717, 1.165) is 12.0 Å². The average Bonchev–Trinajstić information content (AvgIpc) is 3.01. The Hall–Kier alpha value is -1.92. The molecule has 6 nitrogen and oxygen atoms in total. The summed E-state index contributed by atoms with van der Waals surface area (Å²) >= 11 is 0. The summed E-state index contributed by atoms with van der Waals surface area (Å²) in [5.41, 5.74) is 1.05. The lowest BCUT2D eigenvalue weighted by molar-refractivity contribution is -0.140. The molecule has 1 aliphatic rings. The third-order valence-electron chi connectivity index (χ3n) is 4.81. The van der Waals surface area contributed by atoms with Crippen LogP contribution in [0.3, 0.4) is 0 Å². The van der Waals surface area contributed by atoms with E-state index in [1.165, 1.54) is 4.90 Å². The lowest BCUT2D eigenvalue weighted by atomic mass is 10.0. The fraction of sp³-hybridized carbons (Fsp3) is 0.600. The minimum Gasteiger partial charge on any atom is -0.391 e. The molecule has 26 heavy (non-hydrogen) atoms. The molecule has 0 aliphatic carbocycles. The number of amides is 2. The van der Waals surface area contributed by atoms with Crippen molar-refractivity contribution in [2.45, 2.75) is 51.3 Å². The van der Waals surface area contributed by atoms with Gasteiger partial charge in [-0.25, -0.2) is 0 Å². The number of carbonyl (C=O) groups excluding carboxylic acids is 2. The van der Waals surface area contributed by atoms with Crippen LogP contribution in [-0.2, 0) is 16.0 Å². The summed E-state index contributed by atoms with van der Waals surface area (Å²) < 4.78 is 0. The van der Waals surface area contributed by atoms with E-state index in [2.05, 4.69) is 24.5 Å². The molecule has 144 valence electrons. The lowest BCUT2D eigenvalue weighted by Gasteiger charge is -2.28. The molecule has 3 atom stereocenters. The Labute approximate surface area is 156 Å². The van der Waals surface area contributed by atoms with Gasteiger partial charge >= 0.3 is 0 Å². The molecule has 0 bridgehead atoms. The molecule has 0 spiro atoms. The first-order valence-electron chi connectivity index (χ1n) is 9.39. The van der Waals surface area contributed by atoms with Gasteiger partial charge in [0.1, 0.15) is 6.04 Å². The summed E-state index contributed by atoms with van der Waals surface area (Å²) in [4.78, 5) is 27.0. The minimum absolute atomic E-state index is 0.142. The molecule has 3 N–H and O–H groups in total. The summed E-state index contributed by atoms with van der Waals surface area (Å²) in [7, 11) is 1.75. The van der Waals surface area contributed by atoms with E-state index in [0.29, 0.717) is 25.3 Å². The Kier molecular flexibility index (Phi) is 7.60. The van der Waals surface area contributed by atoms with Gasteiger partial charge in [-0.1, -0.05) is 44.2 Å². The lowest BCUT2D eigenvalue weighted by Crippen LogP contribution is -2.52. The van der Waals surface area contributed by atoms with Crippen molar-refractivity contribution in [3.8, 4) is 0 Å². The van der Waals surface area contributed by atoms with Gasteiger partial charge in [-0.05, 0) is 31.4 Å². The maximum atomic E-state index is 13.0. The van der Waals surface area contributed by atoms with Crippen molar-refractivity contribution in [1.29, 1.82) is 0 Å². The predicted octanol–water partition coefficient (Wildman–Crippen LogP) is 0.941. The molecule has 0 unspecified atom stereocenters. The maximum absolute atomic E-state index is 13.0. The van der Waals surface area contributed by atoms with Gasteiger partial charge < -0.3 is 20.6 Å². The number of rotatable bonds is 8. The number of carbonyl (C=O) groups is 2. The second-order valence-corrected chi connectivity index (χ2v) is 7.40. The minimum atomic E-state index is -0.658. The molecule has 0 radical (unpaired) electrons. The van der Waals surface area contributed by atoms with Crippen LogP contribution >= 0.6 is 0 Å². The number of likely N-dealkylation sites (tertiary alicyclic amines) is 1. The van der Waals surface area contributed by atoms with E-state index in [-0.39, 0.29) is 18.4 Å². The SMILES string of the molecule is CN[C@H](Cc1ccccc1)C(=O)N1C[C@@H](O)C[C@@H]1C(=O)NCCC(C)C. The predicted molar refractivity (Wildman–Crippen MR) is 102 cm³/mol. The highest BCUT2D eigenvalue weighted by Crippen LogP contribution is 2.20. The number of aliphatic hydroxyl groups excluding tert-OH is 1. The van der Waals surface area contributed by atoms with Crippen molar-refractivity contribution in [1.82, 2.24) is 15.5 Å². The Balaban J connectivity index is 2.02. The number of hydrogen-bond donors (Lipinski definition) is 3. The molecule has 1 heterocycles. The number of nitrogens with one attached hydrogen (secondary N) is 2. The van der Waals surface area contributed by atoms with Gasteiger partial charge in [-0.15, -0.1) is 0 Å². The van der Waals surface area contributed by atoms with E-state index in [1.807, 2.05) is 30.3 Å². The molecular weight excluding hydrogens is 330 g/mol. The Morgan fingerprint density at radius 3 is 2.58 bits per heavy atom. The van der Waals surface area contributed by atoms with Crippen LogP contribution < -0.4 is 10.6 Å². The summed E-state index contributed by atoms with van der Waals surface area (Å²) in [6, 6.07) is 8.76. The van der Waals surface area contributed by atoms with E-state index < -0.39 is 18.2 Å². The fourth-order valence-electron chi connectivity index (χ4n) is 3.27. The van der Waals surface area contributed by atoms with Gasteiger partial charge in [0.15, 0.2) is 0 Å². The van der Waals surface area contributed by atoms with Crippen LogP contribution in [0.25, 0.3) is 0 Å². The number of nitrogens with zero attached hydrogens (tertiary/aromatic N) is 1. The maximum Gasteiger partial charge on any atom is 0.242 e. The van der Waals surface area contributed by atoms with Crippen molar-refractivity contribution >= 4 is 11.8 Å². The topological polar surface area (TPSA) is 81.7 Å². The summed E-state index contributed by atoms with van der Waals surface area (Å²) in [5, 5.41) is 16.0. The van der Waals surface area contributed by atoms with Gasteiger partial charge in [-0.3, -0.25) is 9.59 Å². The third kappa shape index (κ3) is 5.54. The van der Waals surface area contributed by atoms with E-state index in [4.69, 9.17) is 0 Å². The number of aliphatic hydroxyl groups is 1. The third-order valence-corrected chi connectivity index (χ3v) is 4.81. The molecule has 1 aromatic carbocycles. The zero-order chi connectivity index (χ0) is 19.1. The van der Waals surface area contributed by atoms with Crippen LogP contribution in [0.5, 0.6) is 0 Å². The molecule has 1 fully saturated rings. The highest BCUT2D eigenvalue weighted by molar-refractivity contribution is 5.90. The van der Waals surface area contributed by atoms with Crippen molar-refractivity contribution in [2.24, 2.45) is 5.92 Å². The molecule has 0 aromatic heterocycles. The number of likely N-dealkylation sites (N-methyl/N-ethyl adjacent to an activating group) is 1. The molecule has 1 saturated heterocycles. The van der Waals surface area contributed by atoms with Gasteiger partial charge in [0, 0.05) is 19.5 Å². The largest absolute Gasteiger partial charge is 0.391 e. The zero-order valence-electron chi connectivity index (χ0n) is 15.9. The zero-order valence-corrected chi connectivity index (χ0v) is 15.9. The molecule has 2 amide bonds. The van der Waals surface area contributed by atoms with Crippen molar-refractivity contribution in [2.75, 3.05) is 20.1 Å². The quantitative estimate of drug-likeness (QED) is 0.644. The molecule has 6 heteroatoms. The molecular formula is C20H31N3O3. The second-order valence-electron chi connectivity index (χ2n) is 7.40. The monoisotopic (exact) mass is 361 g/mol. The first kappa shape index (κ1) is 20.4. The number of hydrogen-bond acceptors (Lipinski definition) is 4. The highest BCUT2D eigenvalue weighted by atomic mass is 16.3. The van der Waals surface area contributed by atoms with Crippen LogP contribution in [-0.4, -0.2) is 60.1 Å². The standard InChI is InChI=1S/C20H31N3O3/c1-14(2)9-10-22-19(25)18-12-16(24)13-23(18)20(26)17(21-3)11-15-7-5-4-6-8-15/h4-8,14,16-18,21,24H,9-13H2,1-3H3,(H,22,25)/t16-,17+,18+/m0/s1. The van der Waals surface area contributed by atoms with Crippen LogP contribution in [0, 0.1) is 5.92 Å². The van der Waals surface area contributed by atoms with E-state index in [1.54, 1.807) is 7.05 Å². The van der Waals surface area contributed by atoms with Crippen molar-refractivity contribution < 1.29 is 14.7 Å². The van der Waals surface area contributed by atoms with Crippen LogP contribution in [0.1, 0.15) is 32.3 Å². The molecule has 0 saturated carbocycles. The van der Waals surface area contributed by atoms with Crippen molar-refractivity contribution in [3.63, 3.8) is 0 Å². The Morgan fingerprint density at radius 1 is 1.27 bits per heavy atom. The molecule has 1 aliphatic heterocycles. The van der Waals surface area contributed by atoms with Gasteiger partial charge in [0.05, 0.1) is 12.1 Å². The van der Waals surface area contributed by atoms with Gasteiger partial charge in [-0.2, -0.15) is 0 Å². The number of benzene rings is 1. The van der Waals surface area contributed by atoms with E-state index in [9.17, 15) is 14.7 Å². The smallest absolute Gasteiger partial charge is 0.242 e.